The van der Waals surface area contributed by atoms with Crippen LogP contribution in [0.5, 0.6) is 0 Å². The third-order valence-electron chi connectivity index (χ3n) is 3.97. The van der Waals surface area contributed by atoms with Crippen molar-refractivity contribution in [3.63, 3.8) is 0 Å². The smallest absolute Gasteiger partial charge is 0.104 e. The van der Waals surface area contributed by atoms with Gasteiger partial charge in [0.2, 0.25) is 0 Å². The Morgan fingerprint density at radius 1 is 0.913 bits per heavy atom. The molecule has 3 nitrogen and oxygen atoms in total. The van der Waals surface area contributed by atoms with Gasteiger partial charge in [0.25, 0.3) is 0 Å². The third kappa shape index (κ3) is 11.3. The molecule has 0 spiro atoms. The second kappa shape index (κ2) is 14.7. The first kappa shape index (κ1) is 20.1. The van der Waals surface area contributed by atoms with Crippen LogP contribution in [0.15, 0.2) is 30.3 Å². The van der Waals surface area contributed by atoms with Gasteiger partial charge in [0.05, 0.1) is 19.8 Å². The van der Waals surface area contributed by atoms with Crippen molar-refractivity contribution in [2.24, 2.45) is 0 Å². The molecule has 1 unspecified atom stereocenters. The Kier molecular flexibility index (Phi) is 12.9. The number of unbranched alkanes of at least 4 members (excludes halogenated alkanes) is 7. The summed E-state index contributed by atoms with van der Waals surface area (Å²) in [5.74, 6) is 0. The first-order chi connectivity index (χ1) is 11.4. The maximum atomic E-state index is 9.34. The van der Waals surface area contributed by atoms with Crippen LogP contribution >= 0.6 is 0 Å². The summed E-state index contributed by atoms with van der Waals surface area (Å²) < 4.78 is 11.3. The molecule has 132 valence electrons. The number of aliphatic hydroxyl groups is 1. The molecule has 1 N–H and O–H groups in total. The monoisotopic (exact) mass is 322 g/mol. The summed E-state index contributed by atoms with van der Waals surface area (Å²) in [5.41, 5.74) is 1.15. The highest BCUT2D eigenvalue weighted by Gasteiger charge is 2.07. The molecule has 1 aromatic rings. The van der Waals surface area contributed by atoms with Crippen molar-refractivity contribution in [2.75, 3.05) is 19.8 Å². The third-order valence-corrected chi connectivity index (χ3v) is 3.97. The average Bonchev–Trinajstić information content (AvgIpc) is 2.59. The Morgan fingerprint density at radius 2 is 1.57 bits per heavy atom. The standard InChI is InChI=1S/C20H34O3/c1-2-3-4-5-6-7-8-12-15-23-20(16-21)18-22-17-19-13-10-9-11-14-19/h9-11,13-14,20-21H,2-8,12,15-18H2,1H3. The molecule has 0 saturated heterocycles. The van der Waals surface area contributed by atoms with Gasteiger partial charge in [-0.25, -0.2) is 0 Å². The molecule has 1 atom stereocenters. The first-order valence-electron chi connectivity index (χ1n) is 9.21. The number of aliphatic hydroxyl groups excluding tert-OH is 1. The van der Waals surface area contributed by atoms with Crippen LogP contribution in [0.2, 0.25) is 0 Å². The van der Waals surface area contributed by atoms with Crippen molar-refractivity contribution in [1.82, 2.24) is 0 Å². The van der Waals surface area contributed by atoms with Gasteiger partial charge in [-0.3, -0.25) is 0 Å². The lowest BCUT2D eigenvalue weighted by Crippen LogP contribution is -2.24. The molecule has 0 aliphatic rings. The predicted octanol–water partition coefficient (Wildman–Crippen LogP) is 4.72. The minimum atomic E-state index is -0.205. The van der Waals surface area contributed by atoms with E-state index in [0.29, 0.717) is 13.2 Å². The van der Waals surface area contributed by atoms with Crippen molar-refractivity contribution >= 4 is 0 Å². The van der Waals surface area contributed by atoms with Crippen LogP contribution in [0.25, 0.3) is 0 Å². The van der Waals surface area contributed by atoms with Crippen molar-refractivity contribution in [1.29, 1.82) is 0 Å². The van der Waals surface area contributed by atoms with E-state index in [1.165, 1.54) is 44.9 Å². The number of benzene rings is 1. The van der Waals surface area contributed by atoms with Gasteiger partial charge in [0.15, 0.2) is 0 Å². The van der Waals surface area contributed by atoms with Gasteiger partial charge in [0.1, 0.15) is 6.10 Å². The predicted molar refractivity (Wildman–Crippen MR) is 95.5 cm³/mol. The molecule has 0 aliphatic heterocycles. The molecule has 0 heterocycles. The lowest BCUT2D eigenvalue weighted by Gasteiger charge is -2.15. The van der Waals surface area contributed by atoms with Crippen LogP contribution in [0, 0.1) is 0 Å². The van der Waals surface area contributed by atoms with Crippen molar-refractivity contribution < 1.29 is 14.6 Å². The summed E-state index contributed by atoms with van der Waals surface area (Å²) in [5, 5.41) is 9.34. The quantitative estimate of drug-likeness (QED) is 0.475. The Hall–Kier alpha value is -0.900. The Morgan fingerprint density at radius 3 is 2.22 bits per heavy atom. The number of hydrogen-bond donors (Lipinski definition) is 1. The second-order valence-electron chi connectivity index (χ2n) is 6.15. The van der Waals surface area contributed by atoms with E-state index in [9.17, 15) is 5.11 Å². The van der Waals surface area contributed by atoms with Gasteiger partial charge in [-0.2, -0.15) is 0 Å². The van der Waals surface area contributed by atoms with Crippen LogP contribution in [0.3, 0.4) is 0 Å². The highest BCUT2D eigenvalue weighted by Crippen LogP contribution is 2.09. The lowest BCUT2D eigenvalue weighted by molar-refractivity contribution is -0.0473. The highest BCUT2D eigenvalue weighted by molar-refractivity contribution is 5.13. The SMILES string of the molecule is CCCCCCCCCCOC(CO)COCc1ccccc1. The zero-order valence-electron chi connectivity index (χ0n) is 14.7. The molecule has 0 bridgehead atoms. The van der Waals surface area contributed by atoms with Gasteiger partial charge in [0, 0.05) is 6.61 Å². The zero-order valence-corrected chi connectivity index (χ0v) is 14.7. The normalized spacial score (nSPS) is 12.4. The number of hydrogen-bond acceptors (Lipinski definition) is 3. The fraction of sp³-hybridized carbons (Fsp3) is 0.700. The van der Waals surface area contributed by atoms with Crippen LogP contribution in [-0.4, -0.2) is 31.0 Å². The van der Waals surface area contributed by atoms with Crippen molar-refractivity contribution in [2.45, 2.75) is 71.0 Å². The summed E-state index contributed by atoms with van der Waals surface area (Å²) in [6.45, 7) is 4.00. The largest absolute Gasteiger partial charge is 0.394 e. The molecule has 0 amide bonds. The molecule has 3 heteroatoms. The minimum Gasteiger partial charge on any atom is -0.394 e. The van der Waals surface area contributed by atoms with E-state index in [1.54, 1.807) is 0 Å². The van der Waals surface area contributed by atoms with Gasteiger partial charge in [-0.1, -0.05) is 82.2 Å². The molecular weight excluding hydrogens is 288 g/mol. The van der Waals surface area contributed by atoms with Gasteiger partial charge in [-0.15, -0.1) is 0 Å². The first-order valence-corrected chi connectivity index (χ1v) is 9.21. The van der Waals surface area contributed by atoms with Gasteiger partial charge in [-0.05, 0) is 12.0 Å². The Bertz CT molecular complexity index is 353. The summed E-state index contributed by atoms with van der Waals surface area (Å²) in [6.07, 6.45) is 10.1. The van der Waals surface area contributed by atoms with E-state index in [2.05, 4.69) is 6.92 Å². The maximum absolute atomic E-state index is 9.34. The summed E-state index contributed by atoms with van der Waals surface area (Å²) in [7, 11) is 0. The average molecular weight is 322 g/mol. The van der Waals surface area contributed by atoms with E-state index < -0.39 is 0 Å². The molecule has 23 heavy (non-hydrogen) atoms. The van der Waals surface area contributed by atoms with E-state index in [-0.39, 0.29) is 12.7 Å². The number of ether oxygens (including phenoxy) is 2. The van der Waals surface area contributed by atoms with Gasteiger partial charge < -0.3 is 14.6 Å². The molecule has 1 aromatic carbocycles. The molecule has 0 aliphatic carbocycles. The summed E-state index contributed by atoms with van der Waals surface area (Å²) >= 11 is 0. The Balaban J connectivity index is 1.95. The van der Waals surface area contributed by atoms with Crippen molar-refractivity contribution in [3.05, 3.63) is 35.9 Å². The lowest BCUT2D eigenvalue weighted by atomic mass is 10.1. The molecule has 0 aromatic heterocycles. The Labute approximate surface area is 142 Å². The van der Waals surface area contributed by atoms with E-state index >= 15 is 0 Å². The van der Waals surface area contributed by atoms with E-state index in [1.807, 2.05) is 30.3 Å². The van der Waals surface area contributed by atoms with E-state index in [4.69, 9.17) is 9.47 Å². The summed E-state index contributed by atoms with van der Waals surface area (Å²) in [4.78, 5) is 0. The minimum absolute atomic E-state index is 0.0197. The summed E-state index contributed by atoms with van der Waals surface area (Å²) in [6, 6.07) is 10.1. The number of rotatable bonds is 15. The van der Waals surface area contributed by atoms with Crippen LogP contribution in [-0.2, 0) is 16.1 Å². The second-order valence-corrected chi connectivity index (χ2v) is 6.15. The molecule has 0 radical (unpaired) electrons. The molecular formula is C20H34O3. The topological polar surface area (TPSA) is 38.7 Å². The molecule has 0 saturated carbocycles. The van der Waals surface area contributed by atoms with Crippen LogP contribution < -0.4 is 0 Å². The van der Waals surface area contributed by atoms with Gasteiger partial charge >= 0.3 is 0 Å². The fourth-order valence-electron chi connectivity index (χ4n) is 2.52. The zero-order chi connectivity index (χ0) is 16.6. The molecule has 0 fully saturated rings. The van der Waals surface area contributed by atoms with Crippen LogP contribution in [0.4, 0.5) is 0 Å². The van der Waals surface area contributed by atoms with Crippen molar-refractivity contribution in [3.8, 4) is 0 Å². The highest BCUT2D eigenvalue weighted by atomic mass is 16.5. The van der Waals surface area contributed by atoms with Crippen LogP contribution in [0.1, 0.15) is 63.9 Å². The molecule has 1 rings (SSSR count). The fourth-order valence-corrected chi connectivity index (χ4v) is 2.52. The van der Waals surface area contributed by atoms with E-state index in [0.717, 1.165) is 18.6 Å². The maximum Gasteiger partial charge on any atom is 0.104 e.